The lowest BCUT2D eigenvalue weighted by Crippen LogP contribution is -2.39. The summed E-state index contributed by atoms with van der Waals surface area (Å²) in [4.78, 5) is 22.5. The highest BCUT2D eigenvalue weighted by molar-refractivity contribution is 7.13. The fraction of sp³-hybridized carbons (Fsp3) is 0.250. The number of nitrogens with zero attached hydrogens (tertiary/aromatic N) is 4. The van der Waals surface area contributed by atoms with Crippen LogP contribution in [0.2, 0.25) is 0 Å². The Morgan fingerprint density at radius 2 is 2.17 bits per heavy atom. The van der Waals surface area contributed by atoms with Crippen molar-refractivity contribution in [2.75, 3.05) is 12.4 Å². The van der Waals surface area contributed by atoms with Crippen molar-refractivity contribution in [2.24, 2.45) is 0 Å². The molecule has 1 amide bonds. The van der Waals surface area contributed by atoms with Gasteiger partial charge in [-0.05, 0) is 26.1 Å². The molecule has 0 aliphatic heterocycles. The summed E-state index contributed by atoms with van der Waals surface area (Å²) in [7, 11) is 1.84. The van der Waals surface area contributed by atoms with Crippen LogP contribution in [0.4, 0.5) is 5.13 Å². The Kier molecular flexibility index (Phi) is 4.97. The zero-order valence-corrected chi connectivity index (χ0v) is 14.2. The van der Waals surface area contributed by atoms with Gasteiger partial charge in [-0.3, -0.25) is 9.69 Å². The standard InChI is InChI=1S/C16H17N5O2S/c1-11(14(22)19-16-17-8-9-24-16)21(2)10-13-18-15(23-20-13)12-6-4-3-5-7-12/h3-9,11H,10H2,1-2H3,(H,17,19,22)/t11-/m1/s1. The second kappa shape index (κ2) is 7.33. The van der Waals surface area contributed by atoms with Gasteiger partial charge in [0.15, 0.2) is 11.0 Å². The van der Waals surface area contributed by atoms with Gasteiger partial charge in [0.25, 0.3) is 5.89 Å². The number of likely N-dealkylation sites (N-methyl/N-ethyl adjacent to an activating group) is 1. The zero-order valence-electron chi connectivity index (χ0n) is 13.3. The van der Waals surface area contributed by atoms with E-state index in [1.807, 2.05) is 54.6 Å². The highest BCUT2D eigenvalue weighted by Gasteiger charge is 2.21. The molecule has 0 bridgehead atoms. The summed E-state index contributed by atoms with van der Waals surface area (Å²) in [6.07, 6.45) is 1.65. The Bertz CT molecular complexity index is 788. The van der Waals surface area contributed by atoms with E-state index in [0.29, 0.717) is 23.4 Å². The fourth-order valence-electron chi connectivity index (χ4n) is 2.07. The normalized spacial score (nSPS) is 12.3. The maximum absolute atomic E-state index is 12.2. The van der Waals surface area contributed by atoms with Crippen LogP contribution in [0.3, 0.4) is 0 Å². The van der Waals surface area contributed by atoms with Crippen LogP contribution in [0.5, 0.6) is 0 Å². The molecule has 2 heterocycles. The summed E-state index contributed by atoms with van der Waals surface area (Å²) in [5.41, 5.74) is 0.869. The van der Waals surface area contributed by atoms with E-state index in [1.54, 1.807) is 6.20 Å². The fourth-order valence-corrected chi connectivity index (χ4v) is 2.60. The number of aromatic nitrogens is 3. The smallest absolute Gasteiger partial charge is 0.257 e. The third kappa shape index (κ3) is 3.84. The van der Waals surface area contributed by atoms with E-state index in [4.69, 9.17) is 4.52 Å². The average molecular weight is 343 g/mol. The number of amides is 1. The minimum atomic E-state index is -0.354. The van der Waals surface area contributed by atoms with E-state index in [1.165, 1.54) is 11.3 Å². The van der Waals surface area contributed by atoms with Crippen molar-refractivity contribution in [1.29, 1.82) is 0 Å². The molecule has 0 fully saturated rings. The molecule has 0 aliphatic rings. The van der Waals surface area contributed by atoms with Gasteiger partial charge in [-0.25, -0.2) is 4.98 Å². The van der Waals surface area contributed by atoms with Crippen molar-refractivity contribution < 1.29 is 9.32 Å². The SMILES string of the molecule is C[C@H](C(=O)Nc1nccs1)N(C)Cc1noc(-c2ccccc2)n1. The summed E-state index contributed by atoms with van der Waals surface area (Å²) >= 11 is 1.38. The monoisotopic (exact) mass is 343 g/mol. The van der Waals surface area contributed by atoms with Crippen LogP contribution in [0.25, 0.3) is 11.5 Å². The zero-order chi connectivity index (χ0) is 16.9. The molecule has 3 rings (SSSR count). The second-order valence-corrected chi connectivity index (χ2v) is 6.19. The number of thiazole rings is 1. The van der Waals surface area contributed by atoms with Crippen LogP contribution < -0.4 is 5.32 Å². The number of nitrogens with one attached hydrogen (secondary N) is 1. The molecule has 2 aromatic heterocycles. The number of rotatable bonds is 6. The minimum Gasteiger partial charge on any atom is -0.334 e. The number of benzene rings is 1. The van der Waals surface area contributed by atoms with Crippen molar-refractivity contribution in [3.05, 3.63) is 47.7 Å². The Hall–Kier alpha value is -2.58. The van der Waals surface area contributed by atoms with Crippen LogP contribution in [0.15, 0.2) is 46.4 Å². The van der Waals surface area contributed by atoms with Crippen molar-refractivity contribution in [1.82, 2.24) is 20.0 Å². The molecular weight excluding hydrogens is 326 g/mol. The molecule has 8 heteroatoms. The number of hydrogen-bond donors (Lipinski definition) is 1. The molecule has 1 atom stereocenters. The van der Waals surface area contributed by atoms with Crippen molar-refractivity contribution in [3.63, 3.8) is 0 Å². The van der Waals surface area contributed by atoms with Crippen LogP contribution in [0, 0.1) is 0 Å². The van der Waals surface area contributed by atoms with Gasteiger partial charge < -0.3 is 9.84 Å². The maximum atomic E-state index is 12.2. The molecule has 1 aromatic carbocycles. The number of anilines is 1. The highest BCUT2D eigenvalue weighted by atomic mass is 32.1. The molecule has 1 N–H and O–H groups in total. The van der Waals surface area contributed by atoms with Gasteiger partial charge in [0.05, 0.1) is 12.6 Å². The Balaban J connectivity index is 1.61. The summed E-state index contributed by atoms with van der Waals surface area (Å²) in [5.74, 6) is 0.878. The molecule has 0 saturated heterocycles. The third-order valence-corrected chi connectivity index (χ3v) is 4.27. The lowest BCUT2D eigenvalue weighted by molar-refractivity contribution is -0.120. The lowest BCUT2D eigenvalue weighted by atomic mass is 10.2. The van der Waals surface area contributed by atoms with Gasteiger partial charge in [0.2, 0.25) is 5.91 Å². The average Bonchev–Trinajstić information content (AvgIpc) is 3.27. The van der Waals surface area contributed by atoms with Gasteiger partial charge >= 0.3 is 0 Å². The van der Waals surface area contributed by atoms with Gasteiger partial charge in [-0.2, -0.15) is 4.98 Å². The number of hydrogen-bond acceptors (Lipinski definition) is 7. The first-order chi connectivity index (χ1) is 11.6. The lowest BCUT2D eigenvalue weighted by Gasteiger charge is -2.21. The van der Waals surface area contributed by atoms with Crippen LogP contribution in [-0.2, 0) is 11.3 Å². The molecule has 124 valence electrons. The molecule has 0 unspecified atom stereocenters. The van der Waals surface area contributed by atoms with E-state index in [9.17, 15) is 4.79 Å². The topological polar surface area (TPSA) is 84.2 Å². The number of carbonyl (C=O) groups is 1. The highest BCUT2D eigenvalue weighted by Crippen LogP contribution is 2.17. The van der Waals surface area contributed by atoms with E-state index in [0.717, 1.165) is 5.56 Å². The van der Waals surface area contributed by atoms with Crippen LogP contribution in [0.1, 0.15) is 12.7 Å². The third-order valence-electron chi connectivity index (χ3n) is 3.58. The van der Waals surface area contributed by atoms with Crippen LogP contribution in [-0.4, -0.2) is 39.0 Å². The van der Waals surface area contributed by atoms with Crippen LogP contribution >= 0.6 is 11.3 Å². The quantitative estimate of drug-likeness (QED) is 0.741. The van der Waals surface area contributed by atoms with E-state index >= 15 is 0 Å². The molecule has 3 aromatic rings. The molecule has 0 spiro atoms. The van der Waals surface area contributed by atoms with Crippen molar-refractivity contribution >= 4 is 22.4 Å². The summed E-state index contributed by atoms with van der Waals surface area (Å²) in [5, 5.41) is 9.17. The summed E-state index contributed by atoms with van der Waals surface area (Å²) in [6, 6.07) is 9.22. The maximum Gasteiger partial charge on any atom is 0.257 e. The van der Waals surface area contributed by atoms with E-state index < -0.39 is 0 Å². The largest absolute Gasteiger partial charge is 0.334 e. The first-order valence-corrected chi connectivity index (χ1v) is 8.30. The molecular formula is C16H17N5O2S. The Morgan fingerprint density at radius 1 is 1.38 bits per heavy atom. The Morgan fingerprint density at radius 3 is 2.88 bits per heavy atom. The molecule has 7 nitrogen and oxygen atoms in total. The van der Waals surface area contributed by atoms with Gasteiger partial charge in [-0.15, -0.1) is 11.3 Å². The predicted octanol–water partition coefficient (Wildman–Crippen LogP) is 2.65. The summed E-state index contributed by atoms with van der Waals surface area (Å²) in [6.45, 7) is 2.23. The van der Waals surface area contributed by atoms with Gasteiger partial charge in [-0.1, -0.05) is 23.4 Å². The predicted molar refractivity (Wildman–Crippen MR) is 91.4 cm³/mol. The first-order valence-electron chi connectivity index (χ1n) is 7.42. The number of carbonyl (C=O) groups excluding carboxylic acids is 1. The Labute approximate surface area is 143 Å². The van der Waals surface area contributed by atoms with Crippen molar-refractivity contribution in [2.45, 2.75) is 19.5 Å². The van der Waals surface area contributed by atoms with Gasteiger partial charge in [0.1, 0.15) is 0 Å². The molecule has 0 saturated carbocycles. The first kappa shape index (κ1) is 16.3. The molecule has 0 aliphatic carbocycles. The van der Waals surface area contributed by atoms with E-state index in [-0.39, 0.29) is 11.9 Å². The molecule has 24 heavy (non-hydrogen) atoms. The summed E-state index contributed by atoms with van der Waals surface area (Å²) < 4.78 is 5.28. The van der Waals surface area contributed by atoms with Crippen molar-refractivity contribution in [3.8, 4) is 11.5 Å². The second-order valence-electron chi connectivity index (χ2n) is 5.30. The van der Waals surface area contributed by atoms with Gasteiger partial charge in [0, 0.05) is 17.1 Å². The minimum absolute atomic E-state index is 0.126. The molecule has 0 radical (unpaired) electrons. The van der Waals surface area contributed by atoms with E-state index in [2.05, 4.69) is 20.4 Å².